The monoisotopic (exact) mass is 518 g/mol. The molecule has 9 nitrogen and oxygen atoms in total. The predicted octanol–water partition coefficient (Wildman–Crippen LogP) is 3.58. The molecule has 3 aromatic rings. The number of halogens is 1. The fourth-order valence-corrected chi connectivity index (χ4v) is 4.57. The Bertz CT molecular complexity index is 1050. The van der Waals surface area contributed by atoms with Crippen LogP contribution in [-0.2, 0) is 10.5 Å². The van der Waals surface area contributed by atoms with Crippen molar-refractivity contribution in [3.8, 4) is 0 Å². The number of aromatic amines is 1. The maximum absolute atomic E-state index is 13.1. The molecule has 0 radical (unpaired) electrons. The number of rotatable bonds is 5. The normalized spacial score (nSPS) is 17.9. The molecule has 1 atom stereocenters. The molecule has 3 N–H and O–H groups in total. The largest absolute Gasteiger partial charge is 0.455 e. The molecule has 2 aromatic heterocycles. The van der Waals surface area contributed by atoms with E-state index in [9.17, 15) is 9.59 Å². The lowest BCUT2D eigenvalue weighted by Crippen LogP contribution is -2.35. The predicted molar refractivity (Wildman–Crippen MR) is 136 cm³/mol. The van der Waals surface area contributed by atoms with Gasteiger partial charge in [0.25, 0.3) is 5.91 Å². The molecule has 2 amide bonds. The molecule has 4 rings (SSSR count). The average Bonchev–Trinajstić information content (AvgIpc) is 3.55. The van der Waals surface area contributed by atoms with Gasteiger partial charge in [-0.1, -0.05) is 42.1 Å². The minimum atomic E-state index is -0.118. The topological polar surface area (TPSA) is 116 Å². The van der Waals surface area contributed by atoms with Gasteiger partial charge in [-0.15, -0.1) is 12.4 Å². The molecule has 0 aliphatic carbocycles. The smallest absolute Gasteiger partial charge is 0.289 e. The van der Waals surface area contributed by atoms with E-state index < -0.39 is 0 Å². The highest BCUT2D eigenvalue weighted by Crippen LogP contribution is 2.21. The number of H-pyrrole nitrogens is 1. The zero-order valence-electron chi connectivity index (χ0n) is 19.4. The van der Waals surface area contributed by atoms with E-state index in [-0.39, 0.29) is 30.3 Å². The number of amides is 2. The fourth-order valence-electron chi connectivity index (χ4n) is 3.90. The van der Waals surface area contributed by atoms with Crippen LogP contribution in [0.25, 0.3) is 0 Å². The summed E-state index contributed by atoms with van der Waals surface area (Å²) < 4.78 is 5.81. The molecule has 3 heterocycles. The summed E-state index contributed by atoms with van der Waals surface area (Å²) in [6.07, 6.45) is 4.32. The molecule has 0 spiro atoms. The summed E-state index contributed by atoms with van der Waals surface area (Å²) in [6, 6.07) is 13.6. The van der Waals surface area contributed by atoms with E-state index in [2.05, 4.69) is 25.8 Å². The minimum Gasteiger partial charge on any atom is -0.455 e. The second-order valence-electron chi connectivity index (χ2n) is 8.17. The first-order valence-corrected chi connectivity index (χ1v) is 12.6. The van der Waals surface area contributed by atoms with Gasteiger partial charge in [-0.3, -0.25) is 14.7 Å². The van der Waals surface area contributed by atoms with Crippen molar-refractivity contribution in [1.82, 2.24) is 30.7 Å². The van der Waals surface area contributed by atoms with E-state index in [1.165, 1.54) is 18.1 Å². The molecule has 1 aliphatic heterocycles. The van der Waals surface area contributed by atoms with E-state index in [4.69, 9.17) is 4.42 Å². The summed E-state index contributed by atoms with van der Waals surface area (Å²) in [6.45, 7) is 2.52. The average molecular weight is 519 g/mol. The molecule has 35 heavy (non-hydrogen) atoms. The molecule has 1 aromatic carbocycles. The van der Waals surface area contributed by atoms with Gasteiger partial charge in [0.15, 0.2) is 10.9 Å². The van der Waals surface area contributed by atoms with Gasteiger partial charge in [0, 0.05) is 32.1 Å². The maximum atomic E-state index is 13.1. The lowest BCUT2D eigenvalue weighted by atomic mass is 10.0. The molecule has 188 valence electrons. The minimum absolute atomic E-state index is 0. The number of hydrogen-bond donors (Lipinski definition) is 3. The number of aromatic nitrogens is 3. The van der Waals surface area contributed by atoms with Gasteiger partial charge in [0.2, 0.25) is 5.91 Å². The van der Waals surface area contributed by atoms with Gasteiger partial charge >= 0.3 is 0 Å². The van der Waals surface area contributed by atoms with Crippen molar-refractivity contribution in [2.75, 3.05) is 26.2 Å². The van der Waals surface area contributed by atoms with E-state index in [0.29, 0.717) is 54.9 Å². The molecule has 11 heteroatoms. The van der Waals surface area contributed by atoms with Crippen LogP contribution in [0, 0.1) is 0 Å². The first-order valence-electron chi connectivity index (χ1n) is 11.6. The number of nitrogens with zero attached hydrogens (tertiary/aromatic N) is 3. The first kappa shape index (κ1) is 26.8. The lowest BCUT2D eigenvalue weighted by molar-refractivity contribution is -0.121. The van der Waals surface area contributed by atoms with Gasteiger partial charge in [-0.25, -0.2) is 4.98 Å². The Morgan fingerprint density at radius 3 is 2.71 bits per heavy atom. The zero-order chi connectivity index (χ0) is 23.6. The maximum Gasteiger partial charge on any atom is 0.289 e. The van der Waals surface area contributed by atoms with Crippen LogP contribution < -0.4 is 10.6 Å². The van der Waals surface area contributed by atoms with Crippen molar-refractivity contribution in [3.63, 3.8) is 0 Å². The quantitative estimate of drug-likeness (QED) is 0.442. The van der Waals surface area contributed by atoms with Crippen molar-refractivity contribution < 1.29 is 14.0 Å². The SMILES string of the molecule is Cl.O=C1CC(c2ccccc2)NCCCCN(C(=O)c2ccc(CSc3ncn[nH]3)o2)CCCN1. The highest BCUT2D eigenvalue weighted by molar-refractivity contribution is 7.98. The van der Waals surface area contributed by atoms with Crippen LogP contribution in [0.1, 0.15) is 53.6 Å². The van der Waals surface area contributed by atoms with Crippen molar-refractivity contribution >= 4 is 36.0 Å². The van der Waals surface area contributed by atoms with Gasteiger partial charge < -0.3 is 20.0 Å². The summed E-state index contributed by atoms with van der Waals surface area (Å²) in [5.41, 5.74) is 1.11. The molecule has 1 aliphatic rings. The summed E-state index contributed by atoms with van der Waals surface area (Å²) in [5.74, 6) is 1.50. The zero-order valence-corrected chi connectivity index (χ0v) is 21.1. The summed E-state index contributed by atoms with van der Waals surface area (Å²) >= 11 is 1.46. The van der Waals surface area contributed by atoms with Gasteiger partial charge in [0.05, 0.1) is 5.75 Å². The Morgan fingerprint density at radius 1 is 1.09 bits per heavy atom. The number of carbonyl (C=O) groups excluding carboxylic acids is 2. The second kappa shape index (κ2) is 13.9. The number of carbonyl (C=O) groups is 2. The van der Waals surface area contributed by atoms with Crippen LogP contribution in [0.4, 0.5) is 0 Å². The van der Waals surface area contributed by atoms with Crippen LogP contribution in [0.5, 0.6) is 0 Å². The first-order chi connectivity index (χ1) is 16.7. The standard InChI is InChI=1S/C24H30N6O3S.ClH/c31-22-15-20(18-7-2-1-3-8-18)25-11-4-5-13-30(14-6-12-26-22)23(32)21-10-9-19(33-21)16-34-24-27-17-28-29-24;/h1-3,7-10,17,20,25H,4-6,11-16H2,(H,26,31)(H,27,28,29);1H. The van der Waals surface area contributed by atoms with Crippen molar-refractivity contribution in [2.24, 2.45) is 0 Å². The highest BCUT2D eigenvalue weighted by Gasteiger charge is 2.21. The lowest BCUT2D eigenvalue weighted by Gasteiger charge is -2.21. The van der Waals surface area contributed by atoms with Gasteiger partial charge in [-0.2, -0.15) is 5.10 Å². The van der Waals surface area contributed by atoms with Crippen molar-refractivity contribution in [3.05, 3.63) is 65.9 Å². The second-order valence-corrected chi connectivity index (χ2v) is 9.13. The molecule has 0 saturated carbocycles. The molecule has 1 unspecified atom stereocenters. The van der Waals surface area contributed by atoms with Crippen LogP contribution in [0.2, 0.25) is 0 Å². The third-order valence-corrected chi connectivity index (χ3v) is 6.57. The third kappa shape index (κ3) is 8.12. The van der Waals surface area contributed by atoms with E-state index in [1.54, 1.807) is 6.07 Å². The Labute approximate surface area is 215 Å². The third-order valence-electron chi connectivity index (χ3n) is 5.67. The van der Waals surface area contributed by atoms with Crippen LogP contribution in [-0.4, -0.2) is 58.1 Å². The molecule has 1 fully saturated rings. The molecule has 0 bridgehead atoms. The van der Waals surface area contributed by atoms with Crippen LogP contribution in [0.15, 0.2) is 58.4 Å². The number of benzene rings is 1. The van der Waals surface area contributed by atoms with Gasteiger partial charge in [-0.05, 0) is 43.5 Å². The van der Waals surface area contributed by atoms with Crippen LogP contribution in [0.3, 0.4) is 0 Å². The number of nitrogens with one attached hydrogen (secondary N) is 3. The number of thioether (sulfide) groups is 1. The van der Waals surface area contributed by atoms with Crippen LogP contribution >= 0.6 is 24.2 Å². The van der Waals surface area contributed by atoms with Crippen molar-refractivity contribution in [1.29, 1.82) is 0 Å². The van der Waals surface area contributed by atoms with Gasteiger partial charge in [0.1, 0.15) is 12.1 Å². The Morgan fingerprint density at radius 2 is 1.91 bits per heavy atom. The molecule has 1 saturated heterocycles. The van der Waals surface area contributed by atoms with Crippen molar-refractivity contribution in [2.45, 2.75) is 42.6 Å². The number of hydrogen-bond acceptors (Lipinski definition) is 7. The van der Waals surface area contributed by atoms with E-state index in [1.807, 2.05) is 41.3 Å². The summed E-state index contributed by atoms with van der Waals surface area (Å²) in [7, 11) is 0. The highest BCUT2D eigenvalue weighted by atomic mass is 35.5. The fraction of sp³-hybridized carbons (Fsp3) is 0.417. The summed E-state index contributed by atoms with van der Waals surface area (Å²) in [4.78, 5) is 31.5. The Balaban J connectivity index is 0.00000342. The number of furan rings is 1. The Kier molecular flexibility index (Phi) is 10.6. The Hall–Kier alpha value is -2.82. The summed E-state index contributed by atoms with van der Waals surface area (Å²) in [5, 5.41) is 13.8. The van der Waals surface area contributed by atoms with E-state index in [0.717, 1.165) is 24.9 Å². The van der Waals surface area contributed by atoms with E-state index >= 15 is 0 Å². The molecular formula is C24H31ClN6O3S. The molecular weight excluding hydrogens is 488 g/mol.